The van der Waals surface area contributed by atoms with E-state index in [0.29, 0.717) is 0 Å². The number of fused-ring (bicyclic) bond motifs is 11. The highest BCUT2D eigenvalue weighted by Crippen LogP contribution is 2.44. The zero-order chi connectivity index (χ0) is 40.0. The van der Waals surface area contributed by atoms with Gasteiger partial charge in [0.1, 0.15) is 0 Å². The summed E-state index contributed by atoms with van der Waals surface area (Å²) in [5.74, 6) is 0. The molecular weight excluding hydrogens is 739 g/mol. The summed E-state index contributed by atoms with van der Waals surface area (Å²) in [6, 6.07) is 82.2. The Morgan fingerprint density at radius 2 is 0.689 bits per heavy atom. The normalized spacial score (nSPS) is 11.9. The summed E-state index contributed by atoms with van der Waals surface area (Å²) in [5, 5.41) is 9.89. The van der Waals surface area contributed by atoms with Crippen molar-refractivity contribution in [2.24, 2.45) is 0 Å². The Labute approximate surface area is 352 Å². The minimum atomic E-state index is 1.15. The van der Waals surface area contributed by atoms with E-state index in [0.717, 1.165) is 11.4 Å². The van der Waals surface area contributed by atoms with Crippen LogP contribution in [0.1, 0.15) is 0 Å². The molecule has 0 saturated heterocycles. The molecule has 0 amide bonds. The maximum Gasteiger partial charge on any atom is 0.0789 e. The van der Waals surface area contributed by atoms with Crippen molar-refractivity contribution in [2.45, 2.75) is 0 Å². The molecule has 284 valence electrons. The molecular formula is C58H37N3. The molecule has 0 aliphatic carbocycles. The van der Waals surface area contributed by atoms with Gasteiger partial charge >= 0.3 is 0 Å². The number of benzene rings is 10. The number of rotatable bonds is 5. The van der Waals surface area contributed by atoms with E-state index in [9.17, 15) is 0 Å². The first-order chi connectivity index (χ1) is 30.3. The molecule has 10 aromatic carbocycles. The number of nitrogens with zero attached hydrogens (tertiary/aromatic N) is 3. The summed E-state index contributed by atoms with van der Waals surface area (Å²) in [5.41, 5.74) is 15.5. The van der Waals surface area contributed by atoms with E-state index in [-0.39, 0.29) is 0 Å². The molecule has 0 saturated carbocycles. The third-order valence-electron chi connectivity index (χ3n) is 12.8. The maximum atomic E-state index is 2.53. The van der Waals surface area contributed by atoms with Crippen LogP contribution in [0, 0.1) is 0 Å². The molecule has 0 unspecified atom stereocenters. The van der Waals surface area contributed by atoms with E-state index < -0.39 is 0 Å². The van der Waals surface area contributed by atoms with E-state index in [1.807, 2.05) is 0 Å². The fourth-order valence-electron chi connectivity index (χ4n) is 10.1. The van der Waals surface area contributed by atoms with Crippen LogP contribution in [0.3, 0.4) is 0 Å². The van der Waals surface area contributed by atoms with Gasteiger partial charge in [0, 0.05) is 49.1 Å². The topological polar surface area (TPSA) is 14.8 Å². The zero-order valence-electron chi connectivity index (χ0n) is 33.2. The Morgan fingerprint density at radius 1 is 0.230 bits per heavy atom. The Morgan fingerprint density at radius 3 is 1.41 bits per heavy atom. The fourth-order valence-corrected chi connectivity index (χ4v) is 10.1. The largest absolute Gasteiger partial charge is 0.309 e. The third kappa shape index (κ3) is 5.04. The minimum Gasteiger partial charge on any atom is -0.309 e. The molecule has 0 aliphatic rings. The Kier molecular flexibility index (Phi) is 7.31. The van der Waals surface area contributed by atoms with E-state index in [1.54, 1.807) is 0 Å². The van der Waals surface area contributed by atoms with Gasteiger partial charge in [-0.25, -0.2) is 0 Å². The van der Waals surface area contributed by atoms with Crippen molar-refractivity contribution < 1.29 is 0 Å². The van der Waals surface area contributed by atoms with Crippen LogP contribution < -0.4 is 0 Å². The van der Waals surface area contributed by atoms with Gasteiger partial charge < -0.3 is 13.7 Å². The maximum absolute atomic E-state index is 2.53. The molecule has 3 nitrogen and oxygen atoms in total. The molecule has 0 N–H and O–H groups in total. The molecule has 3 aromatic heterocycles. The lowest BCUT2D eigenvalue weighted by atomic mass is 10.00. The minimum absolute atomic E-state index is 1.15. The van der Waals surface area contributed by atoms with E-state index in [1.165, 1.54) is 104 Å². The molecule has 0 bridgehead atoms. The van der Waals surface area contributed by atoms with Crippen LogP contribution >= 0.6 is 0 Å². The van der Waals surface area contributed by atoms with Crippen LogP contribution in [-0.2, 0) is 0 Å². The monoisotopic (exact) mass is 775 g/mol. The van der Waals surface area contributed by atoms with Crippen LogP contribution in [0.2, 0.25) is 0 Å². The molecule has 0 fully saturated rings. The Hall–Kier alpha value is -8.14. The van der Waals surface area contributed by atoms with Gasteiger partial charge in [-0.15, -0.1) is 0 Å². The lowest BCUT2D eigenvalue weighted by Crippen LogP contribution is -1.99. The van der Waals surface area contributed by atoms with Gasteiger partial charge in [-0.1, -0.05) is 158 Å². The molecule has 13 rings (SSSR count). The Balaban J connectivity index is 1.06. The van der Waals surface area contributed by atoms with Crippen LogP contribution in [0.4, 0.5) is 0 Å². The molecule has 0 radical (unpaired) electrons. The number of aromatic nitrogens is 3. The van der Waals surface area contributed by atoms with E-state index in [4.69, 9.17) is 0 Å². The summed E-state index contributed by atoms with van der Waals surface area (Å²) < 4.78 is 7.39. The van der Waals surface area contributed by atoms with Gasteiger partial charge in [0.2, 0.25) is 0 Å². The number of hydrogen-bond acceptors (Lipinski definition) is 0. The summed E-state index contributed by atoms with van der Waals surface area (Å²) in [4.78, 5) is 0. The van der Waals surface area contributed by atoms with Crippen LogP contribution in [-0.4, -0.2) is 13.7 Å². The van der Waals surface area contributed by atoms with E-state index in [2.05, 4.69) is 238 Å². The lowest BCUT2D eigenvalue weighted by molar-refractivity contribution is 1.16. The molecule has 13 aromatic rings. The number of para-hydroxylation sites is 3. The van der Waals surface area contributed by atoms with Crippen molar-refractivity contribution in [3.8, 4) is 39.3 Å². The van der Waals surface area contributed by atoms with Gasteiger partial charge in [0.05, 0.1) is 38.8 Å². The van der Waals surface area contributed by atoms with Gasteiger partial charge in [-0.05, 0) is 94.4 Å². The SMILES string of the molecule is c1ccc(-c2ccc(-n3c4ccccc4c4cc(-c5ccc6c(c5)c5ccc7c8ccccc8n(-c8ccccc8)c7c5n6-c5cccc6ccccc56)ccc43)cc2)cc1. The van der Waals surface area contributed by atoms with Crippen molar-refractivity contribution in [3.05, 3.63) is 224 Å². The predicted molar refractivity (Wildman–Crippen MR) is 258 cm³/mol. The zero-order valence-corrected chi connectivity index (χ0v) is 33.2. The van der Waals surface area contributed by atoms with Crippen molar-refractivity contribution in [3.63, 3.8) is 0 Å². The smallest absolute Gasteiger partial charge is 0.0789 e. The second-order valence-electron chi connectivity index (χ2n) is 16.1. The third-order valence-corrected chi connectivity index (χ3v) is 12.8. The molecule has 0 spiro atoms. The molecule has 0 aliphatic heterocycles. The molecule has 3 heterocycles. The second kappa shape index (κ2) is 13.2. The lowest BCUT2D eigenvalue weighted by Gasteiger charge is -2.14. The quantitative estimate of drug-likeness (QED) is 0.165. The summed E-state index contributed by atoms with van der Waals surface area (Å²) >= 11 is 0. The van der Waals surface area contributed by atoms with Crippen molar-refractivity contribution in [1.29, 1.82) is 0 Å². The van der Waals surface area contributed by atoms with Crippen LogP contribution in [0.25, 0.3) is 116 Å². The molecule has 0 atom stereocenters. The number of hydrogen-bond donors (Lipinski definition) is 0. The van der Waals surface area contributed by atoms with E-state index >= 15 is 0 Å². The van der Waals surface area contributed by atoms with Gasteiger partial charge in [-0.2, -0.15) is 0 Å². The van der Waals surface area contributed by atoms with Crippen LogP contribution in [0.5, 0.6) is 0 Å². The van der Waals surface area contributed by atoms with Gasteiger partial charge in [0.15, 0.2) is 0 Å². The van der Waals surface area contributed by atoms with Gasteiger partial charge in [-0.3, -0.25) is 0 Å². The highest BCUT2D eigenvalue weighted by Gasteiger charge is 2.23. The summed E-state index contributed by atoms with van der Waals surface area (Å²) in [6.07, 6.45) is 0. The summed E-state index contributed by atoms with van der Waals surface area (Å²) in [6.45, 7) is 0. The predicted octanol–water partition coefficient (Wildman–Crippen LogP) is 15.5. The standard InChI is InChI=1S/C58H37N3/c1-3-14-38(15-4-1)39-26-30-44(31-27-39)59-53-23-11-10-22-47(53)50-36-41(28-34-55(50)59)42-29-35-56-51(37-42)49-33-32-48-46-21-9-12-24-54(46)60(43-18-5-2-6-19-43)57(48)58(49)61(56)52-25-13-17-40-16-7-8-20-45(40)52/h1-37H. The first-order valence-electron chi connectivity index (χ1n) is 21.0. The first kappa shape index (κ1) is 33.8. The first-order valence-corrected chi connectivity index (χ1v) is 21.0. The van der Waals surface area contributed by atoms with Gasteiger partial charge in [0.25, 0.3) is 0 Å². The molecule has 61 heavy (non-hydrogen) atoms. The average Bonchev–Trinajstić information content (AvgIpc) is 3.97. The van der Waals surface area contributed by atoms with Crippen molar-refractivity contribution >= 4 is 76.2 Å². The second-order valence-corrected chi connectivity index (χ2v) is 16.1. The molecule has 3 heteroatoms. The fraction of sp³-hybridized carbons (Fsp3) is 0. The van der Waals surface area contributed by atoms with Crippen LogP contribution in [0.15, 0.2) is 224 Å². The average molecular weight is 776 g/mol. The van der Waals surface area contributed by atoms with Crippen molar-refractivity contribution in [2.75, 3.05) is 0 Å². The summed E-state index contributed by atoms with van der Waals surface area (Å²) in [7, 11) is 0. The van der Waals surface area contributed by atoms with Crippen molar-refractivity contribution in [1.82, 2.24) is 13.7 Å². The Bertz CT molecular complexity index is 3840. The highest BCUT2D eigenvalue weighted by atomic mass is 15.0. The highest BCUT2D eigenvalue weighted by molar-refractivity contribution is 6.24.